The van der Waals surface area contributed by atoms with Crippen molar-refractivity contribution in [2.45, 2.75) is 13.0 Å². The smallest absolute Gasteiger partial charge is 0.253 e. The van der Waals surface area contributed by atoms with Crippen LogP contribution in [0.3, 0.4) is 0 Å². The fourth-order valence-electron chi connectivity index (χ4n) is 1.14. The third-order valence-corrected chi connectivity index (χ3v) is 3.60. The maximum atomic E-state index is 12.9. The van der Waals surface area contributed by atoms with Gasteiger partial charge in [0.05, 0.1) is 5.02 Å². The van der Waals surface area contributed by atoms with E-state index in [0.717, 1.165) is 0 Å². The lowest BCUT2D eigenvalue weighted by molar-refractivity contribution is 0.0758. The van der Waals surface area contributed by atoms with Crippen LogP contribution in [-0.4, -0.2) is 29.2 Å². The highest BCUT2D eigenvalue weighted by atomic mass is 79.9. The zero-order chi connectivity index (χ0) is 12.3. The van der Waals surface area contributed by atoms with Gasteiger partial charge in [-0.15, -0.1) is 0 Å². The molecular formula is C11H12BrClFNO. The molecule has 1 aromatic carbocycles. The summed E-state index contributed by atoms with van der Waals surface area (Å²) in [6.07, 6.45) is 0. The number of benzene rings is 1. The van der Waals surface area contributed by atoms with Gasteiger partial charge in [0.1, 0.15) is 5.82 Å². The van der Waals surface area contributed by atoms with E-state index in [4.69, 9.17) is 11.6 Å². The van der Waals surface area contributed by atoms with Gasteiger partial charge >= 0.3 is 0 Å². The fraction of sp³-hybridized carbons (Fsp3) is 0.364. The number of carbonyl (C=O) groups excluding carboxylic acids is 1. The van der Waals surface area contributed by atoms with Crippen molar-refractivity contribution >= 4 is 33.4 Å². The zero-order valence-electron chi connectivity index (χ0n) is 9.01. The highest BCUT2D eigenvalue weighted by Gasteiger charge is 2.17. The summed E-state index contributed by atoms with van der Waals surface area (Å²) in [5.41, 5.74) is 0.390. The van der Waals surface area contributed by atoms with Crippen LogP contribution >= 0.6 is 27.5 Å². The van der Waals surface area contributed by atoms with Gasteiger partial charge in [-0.2, -0.15) is 0 Å². The number of hydrogen-bond donors (Lipinski definition) is 0. The quantitative estimate of drug-likeness (QED) is 0.784. The predicted molar refractivity (Wildman–Crippen MR) is 66.8 cm³/mol. The van der Waals surface area contributed by atoms with E-state index in [1.54, 1.807) is 11.9 Å². The second-order valence-corrected chi connectivity index (χ2v) is 4.60. The molecule has 1 rings (SSSR count). The molecule has 2 nitrogen and oxygen atoms in total. The fourth-order valence-corrected chi connectivity index (χ4v) is 1.75. The summed E-state index contributed by atoms with van der Waals surface area (Å²) < 4.78 is 12.9. The Hall–Kier alpha value is -0.610. The Bertz CT molecular complexity index is 400. The number of amides is 1. The number of hydrogen-bond acceptors (Lipinski definition) is 1. The number of nitrogens with zero attached hydrogens (tertiary/aromatic N) is 1. The molecule has 1 atom stereocenters. The molecule has 0 aliphatic carbocycles. The van der Waals surface area contributed by atoms with Crippen molar-refractivity contribution in [3.05, 3.63) is 34.6 Å². The van der Waals surface area contributed by atoms with Crippen molar-refractivity contribution in [2.75, 3.05) is 12.4 Å². The van der Waals surface area contributed by atoms with Gasteiger partial charge in [0.2, 0.25) is 0 Å². The number of alkyl halides is 1. The van der Waals surface area contributed by atoms with Gasteiger partial charge in [0, 0.05) is 24.0 Å². The van der Waals surface area contributed by atoms with Gasteiger partial charge in [0.15, 0.2) is 0 Å². The second kappa shape index (κ2) is 5.64. The SMILES string of the molecule is CC(CBr)N(C)C(=O)c1ccc(F)c(Cl)c1. The molecule has 0 saturated carbocycles. The highest BCUT2D eigenvalue weighted by Crippen LogP contribution is 2.17. The first-order valence-electron chi connectivity index (χ1n) is 4.75. The molecule has 0 spiro atoms. The van der Waals surface area contributed by atoms with Crippen LogP contribution in [0.4, 0.5) is 4.39 Å². The van der Waals surface area contributed by atoms with Gasteiger partial charge in [-0.05, 0) is 25.1 Å². The predicted octanol–water partition coefficient (Wildman–Crippen LogP) is 3.33. The zero-order valence-corrected chi connectivity index (χ0v) is 11.3. The Morgan fingerprint density at radius 1 is 1.62 bits per heavy atom. The van der Waals surface area contributed by atoms with Crippen LogP contribution in [0, 0.1) is 5.82 Å². The summed E-state index contributed by atoms with van der Waals surface area (Å²) in [6, 6.07) is 4.04. The Balaban J connectivity index is 2.92. The van der Waals surface area contributed by atoms with E-state index in [1.807, 2.05) is 6.92 Å². The molecule has 0 bridgehead atoms. The Kier molecular flexibility index (Phi) is 4.74. The molecule has 0 aliphatic heterocycles. The van der Waals surface area contributed by atoms with E-state index < -0.39 is 5.82 Å². The Morgan fingerprint density at radius 3 is 2.75 bits per heavy atom. The van der Waals surface area contributed by atoms with Crippen LogP contribution in [0.25, 0.3) is 0 Å². The minimum atomic E-state index is -0.519. The summed E-state index contributed by atoms with van der Waals surface area (Å²) in [5.74, 6) is -0.691. The van der Waals surface area contributed by atoms with Gasteiger partial charge in [-0.3, -0.25) is 4.79 Å². The van der Waals surface area contributed by atoms with Gasteiger partial charge in [0.25, 0.3) is 5.91 Å². The molecular weight excluding hydrogens is 296 g/mol. The minimum absolute atomic E-state index is 0.0363. The van der Waals surface area contributed by atoms with E-state index in [0.29, 0.717) is 10.9 Å². The molecule has 1 unspecified atom stereocenters. The van der Waals surface area contributed by atoms with Crippen molar-refractivity contribution in [3.63, 3.8) is 0 Å². The molecule has 88 valence electrons. The lowest BCUT2D eigenvalue weighted by Gasteiger charge is -2.23. The maximum Gasteiger partial charge on any atom is 0.253 e. The number of carbonyl (C=O) groups is 1. The second-order valence-electron chi connectivity index (χ2n) is 3.55. The van der Waals surface area contributed by atoms with Crippen LogP contribution in [-0.2, 0) is 0 Å². The van der Waals surface area contributed by atoms with Crippen LogP contribution in [0.5, 0.6) is 0 Å². The van der Waals surface area contributed by atoms with Crippen LogP contribution < -0.4 is 0 Å². The van der Waals surface area contributed by atoms with E-state index in [1.165, 1.54) is 18.2 Å². The lowest BCUT2D eigenvalue weighted by atomic mass is 10.2. The van der Waals surface area contributed by atoms with Crippen molar-refractivity contribution in [1.82, 2.24) is 4.90 Å². The molecule has 0 N–H and O–H groups in total. The summed E-state index contributed by atoms with van der Waals surface area (Å²) in [4.78, 5) is 13.5. The molecule has 0 radical (unpaired) electrons. The third-order valence-electron chi connectivity index (χ3n) is 2.37. The Labute approximate surface area is 108 Å². The first-order chi connectivity index (χ1) is 7.47. The van der Waals surface area contributed by atoms with Crippen molar-refractivity contribution in [1.29, 1.82) is 0 Å². The number of rotatable bonds is 3. The highest BCUT2D eigenvalue weighted by molar-refractivity contribution is 9.09. The number of halogens is 3. The first-order valence-corrected chi connectivity index (χ1v) is 6.25. The molecule has 0 fully saturated rings. The standard InChI is InChI=1S/C11H12BrClFNO/c1-7(6-12)15(2)11(16)8-3-4-10(14)9(13)5-8/h3-5,7H,6H2,1-2H3. The molecule has 0 heterocycles. The van der Waals surface area contributed by atoms with E-state index in [-0.39, 0.29) is 17.0 Å². The molecule has 0 aromatic heterocycles. The van der Waals surface area contributed by atoms with Gasteiger partial charge in [-0.1, -0.05) is 27.5 Å². The van der Waals surface area contributed by atoms with Crippen molar-refractivity contribution in [2.24, 2.45) is 0 Å². The van der Waals surface area contributed by atoms with Crippen LogP contribution in [0.1, 0.15) is 17.3 Å². The summed E-state index contributed by atoms with van der Waals surface area (Å²) in [5, 5.41) is 0.648. The molecule has 1 amide bonds. The van der Waals surface area contributed by atoms with Crippen molar-refractivity contribution in [3.8, 4) is 0 Å². The average Bonchev–Trinajstić information content (AvgIpc) is 2.29. The van der Waals surface area contributed by atoms with Gasteiger partial charge < -0.3 is 4.90 Å². The monoisotopic (exact) mass is 307 g/mol. The first kappa shape index (κ1) is 13.5. The largest absolute Gasteiger partial charge is 0.338 e. The average molecular weight is 309 g/mol. The maximum absolute atomic E-state index is 12.9. The molecule has 5 heteroatoms. The summed E-state index contributed by atoms with van der Waals surface area (Å²) >= 11 is 8.92. The molecule has 0 aliphatic rings. The normalized spacial score (nSPS) is 12.3. The van der Waals surface area contributed by atoms with Gasteiger partial charge in [-0.25, -0.2) is 4.39 Å². The molecule has 16 heavy (non-hydrogen) atoms. The summed E-state index contributed by atoms with van der Waals surface area (Å²) in [6.45, 7) is 1.91. The Morgan fingerprint density at radius 2 is 2.25 bits per heavy atom. The third kappa shape index (κ3) is 2.95. The topological polar surface area (TPSA) is 20.3 Å². The minimum Gasteiger partial charge on any atom is -0.338 e. The lowest BCUT2D eigenvalue weighted by Crippen LogP contribution is -2.36. The summed E-state index contributed by atoms with van der Waals surface area (Å²) in [7, 11) is 1.70. The molecule has 1 aromatic rings. The molecule has 0 saturated heterocycles. The van der Waals surface area contributed by atoms with Crippen LogP contribution in [0.2, 0.25) is 5.02 Å². The van der Waals surface area contributed by atoms with E-state index in [9.17, 15) is 9.18 Å². The van der Waals surface area contributed by atoms with Crippen LogP contribution in [0.15, 0.2) is 18.2 Å². The van der Waals surface area contributed by atoms with E-state index >= 15 is 0 Å². The van der Waals surface area contributed by atoms with E-state index in [2.05, 4.69) is 15.9 Å². The van der Waals surface area contributed by atoms with Crippen molar-refractivity contribution < 1.29 is 9.18 Å².